The zero-order valence-corrected chi connectivity index (χ0v) is 14.4. The summed E-state index contributed by atoms with van der Waals surface area (Å²) in [6, 6.07) is 0. The fourth-order valence-corrected chi connectivity index (χ4v) is 3.53. The van der Waals surface area contributed by atoms with Gasteiger partial charge in [0.1, 0.15) is 0 Å². The number of hydrogen-bond donors (Lipinski definition) is 4. The van der Waals surface area contributed by atoms with E-state index in [4.69, 9.17) is 26.5 Å². The largest absolute Gasteiger partial charge is 0.503 e. The molecule has 0 aliphatic heterocycles. The van der Waals surface area contributed by atoms with Crippen molar-refractivity contribution in [2.24, 2.45) is 16.5 Å². The number of hydrogen-bond acceptors (Lipinski definition) is 4. The van der Waals surface area contributed by atoms with Crippen LogP contribution in [-0.2, 0) is 6.42 Å². The molecule has 0 saturated heterocycles. The van der Waals surface area contributed by atoms with Crippen LogP contribution in [0, 0.1) is 6.92 Å². The first-order valence-corrected chi connectivity index (χ1v) is 8.46. The molecule has 1 heterocycles. The monoisotopic (exact) mass is 347 g/mol. The molecule has 0 radical (unpaired) electrons. The molecule has 1 aromatic heterocycles. The Kier molecular flexibility index (Phi) is 6.32. The van der Waals surface area contributed by atoms with E-state index in [0.29, 0.717) is 11.9 Å². The molecule has 25 heavy (non-hydrogen) atoms. The normalized spacial score (nSPS) is 18.9. The zero-order valence-electron chi connectivity index (χ0n) is 14.4. The number of aromatic nitrogens is 2. The van der Waals surface area contributed by atoms with Crippen LogP contribution in [0.5, 0.6) is 0 Å². The average molecular weight is 347 g/mol. The Morgan fingerprint density at radius 1 is 1.20 bits per heavy atom. The van der Waals surface area contributed by atoms with Crippen molar-refractivity contribution >= 4 is 18.1 Å². The van der Waals surface area contributed by atoms with Gasteiger partial charge in [-0.2, -0.15) is 4.99 Å². The summed E-state index contributed by atoms with van der Waals surface area (Å²) in [6.45, 7) is 2.03. The second-order valence-electron chi connectivity index (χ2n) is 6.26. The fourth-order valence-electron chi connectivity index (χ4n) is 3.53. The molecule has 1 aromatic rings. The lowest BCUT2D eigenvalue weighted by Crippen LogP contribution is -2.23. The highest BCUT2D eigenvalue weighted by Crippen LogP contribution is 2.40. The van der Waals surface area contributed by atoms with Gasteiger partial charge in [0.25, 0.3) is 5.95 Å². The van der Waals surface area contributed by atoms with Crippen LogP contribution in [0.2, 0.25) is 0 Å². The van der Waals surface area contributed by atoms with E-state index in [-0.39, 0.29) is 5.96 Å². The first-order chi connectivity index (χ1) is 11.9. The summed E-state index contributed by atoms with van der Waals surface area (Å²) in [5.74, 6) is 0.844. The van der Waals surface area contributed by atoms with Crippen molar-refractivity contribution in [2.45, 2.75) is 57.8 Å². The van der Waals surface area contributed by atoms with Crippen LogP contribution in [0.4, 0.5) is 10.7 Å². The number of carbonyl (C=O) groups is 1. The Labute approximate surface area is 146 Å². The number of guanidine groups is 1. The van der Waals surface area contributed by atoms with Gasteiger partial charge in [-0.15, -0.1) is 0 Å². The smallest absolute Gasteiger partial charge is 0.450 e. The average Bonchev–Trinajstić information content (AvgIpc) is 2.54. The van der Waals surface area contributed by atoms with Crippen LogP contribution in [-0.4, -0.2) is 32.3 Å². The van der Waals surface area contributed by atoms with Crippen LogP contribution in [0.25, 0.3) is 0 Å². The Bertz CT molecular complexity index is 692. The second kappa shape index (κ2) is 8.46. The van der Waals surface area contributed by atoms with Gasteiger partial charge in [0.2, 0.25) is 0 Å². The molecular weight excluding hydrogens is 322 g/mol. The quantitative estimate of drug-likeness (QED) is 0.365. The first kappa shape index (κ1) is 18.7. The van der Waals surface area contributed by atoms with Gasteiger partial charge in [-0.05, 0) is 57.4 Å². The van der Waals surface area contributed by atoms with E-state index in [1.165, 1.54) is 44.1 Å². The van der Waals surface area contributed by atoms with Crippen LogP contribution in [0.3, 0.4) is 0 Å². The Morgan fingerprint density at radius 2 is 1.92 bits per heavy atom. The minimum absolute atomic E-state index is 0.0126. The van der Waals surface area contributed by atoms with Crippen LogP contribution >= 0.6 is 0 Å². The van der Waals surface area contributed by atoms with Crippen molar-refractivity contribution in [3.63, 3.8) is 0 Å². The minimum Gasteiger partial charge on any atom is -0.450 e. The molecule has 6 N–H and O–H groups in total. The molecular formula is C17H25N5O3. The number of carboxylic acid groups (broad SMARTS) is 2. The lowest BCUT2D eigenvalue weighted by Gasteiger charge is -2.29. The molecule has 0 bridgehead atoms. The summed E-state index contributed by atoms with van der Waals surface area (Å²) >= 11 is 0. The van der Waals surface area contributed by atoms with E-state index in [0.717, 1.165) is 17.8 Å². The van der Waals surface area contributed by atoms with Crippen molar-refractivity contribution in [1.29, 1.82) is 0 Å². The number of nitrogens with two attached hydrogens (primary N) is 2. The van der Waals surface area contributed by atoms with Crippen molar-refractivity contribution in [2.75, 3.05) is 0 Å². The Hall–Kier alpha value is -2.64. The highest BCUT2D eigenvalue weighted by molar-refractivity contribution is 5.77. The van der Waals surface area contributed by atoms with Crippen molar-refractivity contribution < 1.29 is 15.0 Å². The first-order valence-electron chi connectivity index (χ1n) is 8.46. The van der Waals surface area contributed by atoms with Gasteiger partial charge in [-0.3, -0.25) is 0 Å². The van der Waals surface area contributed by atoms with Gasteiger partial charge in [-0.25, -0.2) is 14.8 Å². The van der Waals surface area contributed by atoms with Gasteiger partial charge in [0.05, 0.1) is 5.69 Å². The lowest BCUT2D eigenvalue weighted by molar-refractivity contribution is 0.137. The third-order valence-corrected chi connectivity index (χ3v) is 4.49. The van der Waals surface area contributed by atoms with Crippen LogP contribution < -0.4 is 11.5 Å². The zero-order chi connectivity index (χ0) is 18.4. The van der Waals surface area contributed by atoms with E-state index in [2.05, 4.69) is 21.0 Å². The number of aliphatic imine (C=N–C) groups is 1. The Balaban J connectivity index is 0.000000511. The topological polar surface area (TPSA) is 148 Å². The standard InChI is InChI=1S/C16H23N5.CH2O3/c1-10-12-8-5-9-13(11-6-3-2-4-7-11)14(12)20-16(19-10)21-15(17)18;2-1(3)4/h6,13H,2-5,7-9H2,1H3,(H4,17,18,19,20,21);(H2,2,3,4). The number of nitrogens with zero attached hydrogens (tertiary/aromatic N) is 3. The van der Waals surface area contributed by atoms with Gasteiger partial charge < -0.3 is 21.7 Å². The number of rotatable bonds is 2. The molecule has 1 unspecified atom stereocenters. The molecule has 0 aromatic carbocycles. The lowest BCUT2D eigenvalue weighted by atomic mass is 9.78. The molecule has 2 aliphatic rings. The number of allylic oxidation sites excluding steroid dienone is 2. The van der Waals surface area contributed by atoms with E-state index >= 15 is 0 Å². The van der Waals surface area contributed by atoms with Crippen LogP contribution in [0.15, 0.2) is 16.6 Å². The van der Waals surface area contributed by atoms with Crippen molar-refractivity contribution in [1.82, 2.24) is 9.97 Å². The molecule has 0 fully saturated rings. The SMILES string of the molecule is Cc1nc(N=C(N)N)nc2c1CCCC2C1=CCCCC1.O=C(O)O. The number of aryl methyl sites for hydroxylation is 1. The van der Waals surface area contributed by atoms with Crippen LogP contribution in [0.1, 0.15) is 61.4 Å². The summed E-state index contributed by atoms with van der Waals surface area (Å²) in [5, 5.41) is 13.9. The fraction of sp³-hybridized carbons (Fsp3) is 0.529. The minimum atomic E-state index is -1.83. The summed E-state index contributed by atoms with van der Waals surface area (Å²) in [7, 11) is 0. The summed E-state index contributed by atoms with van der Waals surface area (Å²) < 4.78 is 0. The predicted octanol–water partition coefficient (Wildman–Crippen LogP) is 2.83. The molecule has 2 aliphatic carbocycles. The maximum Gasteiger partial charge on any atom is 0.503 e. The van der Waals surface area contributed by atoms with E-state index in [1.807, 2.05) is 6.92 Å². The van der Waals surface area contributed by atoms with Gasteiger partial charge in [0.15, 0.2) is 5.96 Å². The van der Waals surface area contributed by atoms with E-state index in [9.17, 15) is 0 Å². The summed E-state index contributed by atoms with van der Waals surface area (Å²) in [6.07, 6.45) is 9.04. The molecule has 136 valence electrons. The maximum atomic E-state index is 8.56. The Morgan fingerprint density at radius 3 is 2.52 bits per heavy atom. The molecule has 8 heteroatoms. The van der Waals surface area contributed by atoms with Gasteiger partial charge in [0, 0.05) is 11.6 Å². The van der Waals surface area contributed by atoms with E-state index in [1.54, 1.807) is 5.57 Å². The van der Waals surface area contributed by atoms with E-state index < -0.39 is 6.16 Å². The number of fused-ring (bicyclic) bond motifs is 1. The second-order valence-corrected chi connectivity index (χ2v) is 6.26. The highest BCUT2D eigenvalue weighted by Gasteiger charge is 2.27. The molecule has 0 amide bonds. The van der Waals surface area contributed by atoms with Crippen molar-refractivity contribution in [3.8, 4) is 0 Å². The summed E-state index contributed by atoms with van der Waals surface area (Å²) in [4.78, 5) is 21.7. The molecule has 3 rings (SSSR count). The van der Waals surface area contributed by atoms with Gasteiger partial charge in [-0.1, -0.05) is 11.6 Å². The van der Waals surface area contributed by atoms with Gasteiger partial charge >= 0.3 is 6.16 Å². The molecule has 0 saturated carbocycles. The molecule has 1 atom stereocenters. The summed E-state index contributed by atoms with van der Waals surface area (Å²) in [5.41, 5.74) is 15.9. The third kappa shape index (κ3) is 5.17. The highest BCUT2D eigenvalue weighted by atomic mass is 16.6. The predicted molar refractivity (Wildman–Crippen MR) is 95.1 cm³/mol. The maximum absolute atomic E-state index is 8.56. The van der Waals surface area contributed by atoms with Crippen molar-refractivity contribution in [3.05, 3.63) is 28.6 Å². The molecule has 8 nitrogen and oxygen atoms in total. The third-order valence-electron chi connectivity index (χ3n) is 4.49. The molecule has 0 spiro atoms.